The van der Waals surface area contributed by atoms with Crippen LogP contribution in [0.5, 0.6) is 5.75 Å². The summed E-state index contributed by atoms with van der Waals surface area (Å²) in [6.07, 6.45) is 0.868. The molecule has 1 aliphatic rings. The van der Waals surface area contributed by atoms with Crippen LogP contribution in [0.3, 0.4) is 0 Å². The normalized spacial score (nSPS) is 16.8. The Bertz CT molecular complexity index is 847. The van der Waals surface area contributed by atoms with Crippen LogP contribution in [0, 0.1) is 0 Å². The summed E-state index contributed by atoms with van der Waals surface area (Å²) >= 11 is 0. The SMILES string of the molecule is CN=C(NCc1cccc(COC)c1)NC1CCN(c2ccccc2OC(F)F)C1. The summed E-state index contributed by atoms with van der Waals surface area (Å²) in [6.45, 7) is -0.202. The van der Waals surface area contributed by atoms with Crippen molar-refractivity contribution in [1.29, 1.82) is 0 Å². The van der Waals surface area contributed by atoms with Crippen molar-refractivity contribution in [3.05, 3.63) is 59.7 Å². The second-order valence-corrected chi connectivity index (χ2v) is 7.10. The Morgan fingerprint density at radius 1 is 1.20 bits per heavy atom. The number of benzene rings is 2. The van der Waals surface area contributed by atoms with Crippen LogP contribution >= 0.6 is 0 Å². The number of aliphatic imine (C=N–C) groups is 1. The van der Waals surface area contributed by atoms with Crippen LogP contribution in [0.15, 0.2) is 53.5 Å². The third-order valence-corrected chi connectivity index (χ3v) is 4.94. The molecule has 1 aliphatic heterocycles. The molecule has 3 rings (SSSR count). The molecule has 6 nitrogen and oxygen atoms in total. The van der Waals surface area contributed by atoms with Gasteiger partial charge in [-0.05, 0) is 29.7 Å². The van der Waals surface area contributed by atoms with Crippen LogP contribution in [0.4, 0.5) is 14.5 Å². The van der Waals surface area contributed by atoms with Gasteiger partial charge in [-0.15, -0.1) is 0 Å². The molecule has 1 heterocycles. The fraction of sp³-hybridized carbons (Fsp3) is 0.409. The van der Waals surface area contributed by atoms with Crippen LogP contribution in [0.25, 0.3) is 0 Å². The number of rotatable bonds is 8. The van der Waals surface area contributed by atoms with E-state index >= 15 is 0 Å². The number of halogens is 2. The van der Waals surface area contributed by atoms with Crippen molar-refractivity contribution in [2.75, 3.05) is 32.1 Å². The highest BCUT2D eigenvalue weighted by Crippen LogP contribution is 2.31. The zero-order valence-corrected chi connectivity index (χ0v) is 17.3. The number of nitrogens with one attached hydrogen (secondary N) is 2. The van der Waals surface area contributed by atoms with Gasteiger partial charge in [-0.3, -0.25) is 4.99 Å². The third-order valence-electron chi connectivity index (χ3n) is 4.94. The Kier molecular flexibility index (Phi) is 7.84. The van der Waals surface area contributed by atoms with Crippen LogP contribution in [-0.2, 0) is 17.9 Å². The van der Waals surface area contributed by atoms with Gasteiger partial charge in [0.2, 0.25) is 0 Å². The molecule has 1 atom stereocenters. The summed E-state index contributed by atoms with van der Waals surface area (Å²) in [6, 6.07) is 15.2. The highest BCUT2D eigenvalue weighted by molar-refractivity contribution is 5.80. The van der Waals surface area contributed by atoms with Gasteiger partial charge in [-0.2, -0.15) is 8.78 Å². The average molecular weight is 418 g/mol. The molecule has 1 saturated heterocycles. The van der Waals surface area contributed by atoms with Crippen molar-refractivity contribution in [3.8, 4) is 5.75 Å². The number of guanidine groups is 1. The molecule has 0 bridgehead atoms. The van der Waals surface area contributed by atoms with Crippen LogP contribution < -0.4 is 20.3 Å². The second-order valence-electron chi connectivity index (χ2n) is 7.10. The molecule has 0 amide bonds. The smallest absolute Gasteiger partial charge is 0.387 e. The molecular formula is C22H28F2N4O2. The summed E-state index contributed by atoms with van der Waals surface area (Å²) in [5.41, 5.74) is 2.94. The van der Waals surface area contributed by atoms with Gasteiger partial charge in [-0.25, -0.2) is 0 Å². The van der Waals surface area contributed by atoms with Gasteiger partial charge in [0.25, 0.3) is 0 Å². The number of nitrogens with zero attached hydrogens (tertiary/aromatic N) is 2. The molecule has 0 saturated carbocycles. The predicted octanol–water partition coefficient (Wildman–Crippen LogP) is 3.38. The van der Waals surface area contributed by atoms with Gasteiger partial charge in [0.05, 0.1) is 12.3 Å². The zero-order valence-electron chi connectivity index (χ0n) is 17.3. The zero-order chi connectivity index (χ0) is 21.3. The molecule has 1 unspecified atom stereocenters. The minimum absolute atomic E-state index is 0.149. The van der Waals surface area contributed by atoms with E-state index in [1.54, 1.807) is 32.4 Å². The lowest BCUT2D eigenvalue weighted by atomic mass is 10.1. The molecule has 2 aromatic carbocycles. The maximum atomic E-state index is 12.7. The van der Waals surface area contributed by atoms with E-state index in [9.17, 15) is 8.78 Å². The summed E-state index contributed by atoms with van der Waals surface area (Å²) in [5.74, 6) is 0.905. The first-order valence-electron chi connectivity index (χ1n) is 9.91. The highest BCUT2D eigenvalue weighted by atomic mass is 19.3. The standard InChI is InChI=1S/C22H28F2N4O2/c1-25-22(26-13-16-6-5-7-17(12-16)15-29-2)27-18-10-11-28(14-18)19-8-3-4-9-20(19)30-21(23)24/h3-9,12,18,21H,10-11,13-15H2,1-2H3,(H2,25,26,27). The topological polar surface area (TPSA) is 58.1 Å². The van der Waals surface area contributed by atoms with Crippen molar-refractivity contribution in [2.45, 2.75) is 32.2 Å². The molecule has 0 aromatic heterocycles. The summed E-state index contributed by atoms with van der Waals surface area (Å²) in [4.78, 5) is 6.36. The van der Waals surface area contributed by atoms with Gasteiger partial charge in [0.1, 0.15) is 5.75 Å². The maximum Gasteiger partial charge on any atom is 0.387 e. The Morgan fingerprint density at radius 3 is 2.77 bits per heavy atom. The molecule has 0 spiro atoms. The molecular weight excluding hydrogens is 390 g/mol. The number of alkyl halides is 2. The van der Waals surface area contributed by atoms with Gasteiger partial charge < -0.3 is 25.0 Å². The number of anilines is 1. The van der Waals surface area contributed by atoms with E-state index in [0.29, 0.717) is 31.3 Å². The first-order valence-corrected chi connectivity index (χ1v) is 9.91. The number of hydrogen-bond acceptors (Lipinski definition) is 4. The van der Waals surface area contributed by atoms with E-state index in [1.165, 1.54) is 0 Å². The number of methoxy groups -OCH3 is 1. The monoisotopic (exact) mass is 418 g/mol. The van der Waals surface area contributed by atoms with Crippen molar-refractivity contribution >= 4 is 11.6 Å². The lowest BCUT2D eigenvalue weighted by Crippen LogP contribution is -2.44. The quantitative estimate of drug-likeness (QED) is 0.509. The van der Waals surface area contributed by atoms with Crippen LogP contribution in [-0.4, -0.2) is 45.9 Å². The first kappa shape index (κ1) is 21.8. The molecule has 2 N–H and O–H groups in total. The predicted molar refractivity (Wildman–Crippen MR) is 114 cm³/mol. The van der Waals surface area contributed by atoms with Crippen LogP contribution in [0.2, 0.25) is 0 Å². The minimum Gasteiger partial charge on any atom is -0.433 e. The Labute approximate surface area is 175 Å². The molecule has 2 aromatic rings. The Hall–Kier alpha value is -2.87. The van der Waals surface area contributed by atoms with E-state index in [4.69, 9.17) is 4.74 Å². The van der Waals surface area contributed by atoms with Gasteiger partial charge >= 0.3 is 6.61 Å². The maximum absolute atomic E-state index is 12.7. The number of para-hydroxylation sites is 2. The van der Waals surface area contributed by atoms with E-state index in [1.807, 2.05) is 18.2 Å². The third kappa shape index (κ3) is 6.06. The van der Waals surface area contributed by atoms with Gasteiger partial charge in [0, 0.05) is 39.8 Å². The number of hydrogen-bond donors (Lipinski definition) is 2. The second kappa shape index (κ2) is 10.8. The van der Waals surface area contributed by atoms with E-state index in [0.717, 1.165) is 24.1 Å². The minimum atomic E-state index is -2.84. The summed E-state index contributed by atoms with van der Waals surface area (Å²) in [5, 5.41) is 6.75. The lowest BCUT2D eigenvalue weighted by molar-refractivity contribution is -0.0495. The van der Waals surface area contributed by atoms with Crippen molar-refractivity contribution in [1.82, 2.24) is 10.6 Å². The summed E-state index contributed by atoms with van der Waals surface area (Å²) < 4.78 is 35.2. The van der Waals surface area contributed by atoms with E-state index in [2.05, 4.69) is 37.4 Å². The number of ether oxygens (including phenoxy) is 2. The molecule has 0 aliphatic carbocycles. The van der Waals surface area contributed by atoms with E-state index < -0.39 is 6.61 Å². The Morgan fingerprint density at radius 2 is 2.00 bits per heavy atom. The van der Waals surface area contributed by atoms with Crippen molar-refractivity contribution in [3.63, 3.8) is 0 Å². The molecule has 162 valence electrons. The average Bonchev–Trinajstić information content (AvgIpc) is 3.20. The van der Waals surface area contributed by atoms with Crippen LogP contribution in [0.1, 0.15) is 17.5 Å². The highest BCUT2D eigenvalue weighted by Gasteiger charge is 2.26. The molecule has 8 heteroatoms. The van der Waals surface area contributed by atoms with Crippen molar-refractivity contribution < 1.29 is 18.3 Å². The first-order chi connectivity index (χ1) is 14.6. The van der Waals surface area contributed by atoms with Gasteiger partial charge in [0.15, 0.2) is 5.96 Å². The molecule has 30 heavy (non-hydrogen) atoms. The largest absolute Gasteiger partial charge is 0.433 e. The van der Waals surface area contributed by atoms with Gasteiger partial charge in [-0.1, -0.05) is 36.4 Å². The lowest BCUT2D eigenvalue weighted by Gasteiger charge is -2.22. The fourth-order valence-corrected chi connectivity index (χ4v) is 3.58. The Balaban J connectivity index is 1.55. The molecule has 0 radical (unpaired) electrons. The fourth-order valence-electron chi connectivity index (χ4n) is 3.58. The van der Waals surface area contributed by atoms with Crippen molar-refractivity contribution in [2.24, 2.45) is 4.99 Å². The summed E-state index contributed by atoms with van der Waals surface area (Å²) in [7, 11) is 3.41. The van der Waals surface area contributed by atoms with E-state index in [-0.39, 0.29) is 11.8 Å². The molecule has 1 fully saturated rings.